The van der Waals surface area contributed by atoms with Crippen LogP contribution in [0.3, 0.4) is 0 Å². The minimum absolute atomic E-state index is 0.122. The minimum Gasteiger partial charge on any atom is -0.598 e. The van der Waals surface area contributed by atoms with E-state index < -0.39 is 50.9 Å². The summed E-state index contributed by atoms with van der Waals surface area (Å²) in [4.78, 5) is 9.24. The van der Waals surface area contributed by atoms with E-state index in [4.69, 9.17) is 14.6 Å². The number of hydrogen-bond donors (Lipinski definition) is 1. The van der Waals surface area contributed by atoms with Crippen molar-refractivity contribution in [1.82, 2.24) is 28.6 Å². The minimum atomic E-state index is -4.26. The number of ether oxygens (including phenoxy) is 2. The first-order valence-electron chi connectivity index (χ1n) is 16.7. The maximum Gasteiger partial charge on any atom is 0.389 e. The van der Waals surface area contributed by atoms with Gasteiger partial charge >= 0.3 is 6.18 Å². The molecule has 0 aliphatic rings. The molecule has 3 heterocycles. The Kier molecular flexibility index (Phi) is 14.5. The molecule has 0 aliphatic carbocycles. The van der Waals surface area contributed by atoms with E-state index in [9.17, 15) is 22.3 Å². The lowest BCUT2D eigenvalue weighted by Gasteiger charge is -2.35. The van der Waals surface area contributed by atoms with Crippen molar-refractivity contribution in [3.63, 3.8) is 0 Å². The van der Waals surface area contributed by atoms with Crippen LogP contribution in [0.4, 0.5) is 13.2 Å². The van der Waals surface area contributed by atoms with E-state index in [-0.39, 0.29) is 12.5 Å². The molecule has 0 radical (unpaired) electrons. The molecule has 0 saturated heterocycles. The van der Waals surface area contributed by atoms with Crippen molar-refractivity contribution in [3.05, 3.63) is 35.9 Å². The standard InChI is InChI=1S/C34H53F3N6O4S2/c1-11-43(49(45)33(7,8)9)24(3)27-19-26(30(46-10)21-38-27)28-20-29(31-39-23(2)22-42(31)40-28)47-18-14-12-13-15-25(16-17-34(35,36)37)41-48(44)32(4,5)6/h19-22,24-25,41H,11-18H2,1-10H3/t24-,25-,48?,49?/m1/s1. The van der Waals surface area contributed by atoms with Crippen molar-refractivity contribution in [3.8, 4) is 22.8 Å². The summed E-state index contributed by atoms with van der Waals surface area (Å²) in [5.41, 5.74) is 3.31. The smallest absolute Gasteiger partial charge is 0.389 e. The highest BCUT2D eigenvalue weighted by Gasteiger charge is 2.37. The second kappa shape index (κ2) is 17.3. The SMILES string of the molecule is CCN([C@H](C)c1cc(-c2cc(OCCCCC[C@H](CCC(F)(F)F)N[S+]([O-])C(C)(C)C)c3nc(C)cn3n2)c(OC)cn1)[S+]([O-])C(C)(C)C. The van der Waals surface area contributed by atoms with Crippen LogP contribution in [-0.4, -0.2) is 75.0 Å². The molecule has 0 amide bonds. The first-order chi connectivity index (χ1) is 22.7. The molecule has 3 rings (SSSR count). The van der Waals surface area contributed by atoms with Gasteiger partial charge < -0.3 is 18.6 Å². The molecule has 1 N–H and O–H groups in total. The Labute approximate surface area is 295 Å². The lowest BCUT2D eigenvalue weighted by atomic mass is 10.0. The first-order valence-corrected chi connectivity index (χ1v) is 19.0. The Hall–Kier alpha value is -2.30. The molecule has 4 atom stereocenters. The summed E-state index contributed by atoms with van der Waals surface area (Å²) in [6, 6.07) is 2.97. The molecule has 0 bridgehead atoms. The van der Waals surface area contributed by atoms with Gasteiger partial charge in [0.2, 0.25) is 0 Å². The summed E-state index contributed by atoms with van der Waals surface area (Å²) in [5.74, 6) is 1.05. The predicted molar refractivity (Wildman–Crippen MR) is 190 cm³/mol. The number of hydrogen-bond acceptors (Lipinski definition) is 9. The number of imidazole rings is 1. The quantitative estimate of drug-likeness (QED) is 0.110. The average molecular weight is 731 g/mol. The van der Waals surface area contributed by atoms with Gasteiger partial charge in [-0.2, -0.15) is 18.3 Å². The third kappa shape index (κ3) is 11.9. The Morgan fingerprint density at radius 2 is 1.69 bits per heavy atom. The first kappa shape index (κ1) is 41.1. The summed E-state index contributed by atoms with van der Waals surface area (Å²) in [7, 11) is 1.57. The highest BCUT2D eigenvalue weighted by Crippen LogP contribution is 2.36. The van der Waals surface area contributed by atoms with Gasteiger partial charge in [-0.1, -0.05) is 12.8 Å². The number of unbranched alkanes of at least 4 members (excludes halogenated alkanes) is 2. The van der Waals surface area contributed by atoms with Crippen LogP contribution in [0, 0.1) is 6.92 Å². The molecule has 276 valence electrons. The molecule has 0 aliphatic heterocycles. The van der Waals surface area contributed by atoms with E-state index in [1.807, 2.05) is 64.2 Å². The van der Waals surface area contributed by atoms with Gasteiger partial charge in [0.25, 0.3) is 0 Å². The summed E-state index contributed by atoms with van der Waals surface area (Å²) >= 11 is -2.71. The van der Waals surface area contributed by atoms with E-state index in [1.54, 1.807) is 38.6 Å². The number of pyridine rings is 1. The third-order valence-electron chi connectivity index (χ3n) is 7.87. The molecule has 0 spiro atoms. The number of rotatable bonds is 17. The zero-order valence-corrected chi connectivity index (χ0v) is 32.1. The molecule has 0 aromatic carbocycles. The summed E-state index contributed by atoms with van der Waals surface area (Å²) < 4.78 is 82.1. The molecule has 2 unspecified atom stereocenters. The number of aryl methyl sites for hydroxylation is 1. The Morgan fingerprint density at radius 3 is 2.29 bits per heavy atom. The van der Waals surface area contributed by atoms with Crippen molar-refractivity contribution in [2.24, 2.45) is 0 Å². The Balaban J connectivity index is 1.77. The topological polar surface area (TPSA) is 123 Å². The van der Waals surface area contributed by atoms with Crippen molar-refractivity contribution in [1.29, 1.82) is 0 Å². The summed E-state index contributed by atoms with van der Waals surface area (Å²) in [6.07, 6.45) is 0.662. The normalized spacial score (nSPS) is 15.4. The van der Waals surface area contributed by atoms with Crippen LogP contribution in [0.25, 0.3) is 16.9 Å². The van der Waals surface area contributed by atoms with Gasteiger partial charge in [0.05, 0.1) is 55.3 Å². The van der Waals surface area contributed by atoms with Crippen LogP contribution in [-0.2, 0) is 22.7 Å². The van der Waals surface area contributed by atoms with Crippen LogP contribution < -0.4 is 14.2 Å². The van der Waals surface area contributed by atoms with Crippen molar-refractivity contribution in [2.75, 3.05) is 20.3 Å². The summed E-state index contributed by atoms with van der Waals surface area (Å²) in [6.45, 7) is 18.0. The number of halogens is 3. The predicted octanol–water partition coefficient (Wildman–Crippen LogP) is 7.66. The summed E-state index contributed by atoms with van der Waals surface area (Å²) in [5, 5.41) is 4.81. The average Bonchev–Trinajstić information content (AvgIpc) is 3.39. The number of nitrogens with zero attached hydrogens (tertiary/aromatic N) is 5. The van der Waals surface area contributed by atoms with Gasteiger partial charge in [-0.05, 0) is 87.6 Å². The maximum atomic E-state index is 13.3. The number of methoxy groups -OCH3 is 1. The van der Waals surface area contributed by atoms with Crippen LogP contribution in [0.2, 0.25) is 0 Å². The molecule has 3 aromatic rings. The van der Waals surface area contributed by atoms with Crippen LogP contribution >= 0.6 is 0 Å². The van der Waals surface area contributed by atoms with E-state index in [0.29, 0.717) is 60.8 Å². The molecule has 3 aromatic heterocycles. The molecule has 0 fully saturated rings. The monoisotopic (exact) mass is 730 g/mol. The van der Waals surface area contributed by atoms with Gasteiger partial charge in [0, 0.05) is 47.3 Å². The largest absolute Gasteiger partial charge is 0.598 e. The van der Waals surface area contributed by atoms with Gasteiger partial charge in [-0.3, -0.25) is 4.98 Å². The molecule has 15 heteroatoms. The molecule has 10 nitrogen and oxygen atoms in total. The lowest BCUT2D eigenvalue weighted by Crippen LogP contribution is -2.45. The van der Waals surface area contributed by atoms with Crippen LogP contribution in [0.5, 0.6) is 11.5 Å². The third-order valence-corrected chi connectivity index (χ3v) is 11.6. The molecular weight excluding hydrogens is 678 g/mol. The number of fused-ring (bicyclic) bond motifs is 1. The van der Waals surface area contributed by atoms with E-state index >= 15 is 0 Å². The fourth-order valence-corrected chi connectivity index (χ4v) is 7.39. The second-order valence-corrected chi connectivity index (χ2v) is 18.4. The number of aromatic nitrogens is 4. The molecular formula is C34H53F3N6O4S2. The van der Waals surface area contributed by atoms with Gasteiger partial charge in [0.1, 0.15) is 15.2 Å². The van der Waals surface area contributed by atoms with Gasteiger partial charge in [-0.15, -0.1) is 9.03 Å². The van der Waals surface area contributed by atoms with Crippen molar-refractivity contribution >= 4 is 28.4 Å². The zero-order valence-electron chi connectivity index (χ0n) is 30.4. The number of nitrogens with one attached hydrogen (secondary N) is 1. The highest BCUT2D eigenvalue weighted by atomic mass is 32.2. The van der Waals surface area contributed by atoms with Crippen LogP contribution in [0.1, 0.15) is 111 Å². The maximum absolute atomic E-state index is 13.3. The van der Waals surface area contributed by atoms with Gasteiger partial charge in [-0.25, -0.2) is 9.50 Å². The van der Waals surface area contributed by atoms with E-state index in [2.05, 4.69) is 14.7 Å². The van der Waals surface area contributed by atoms with E-state index in [0.717, 1.165) is 17.8 Å². The zero-order chi connectivity index (χ0) is 36.7. The van der Waals surface area contributed by atoms with Crippen molar-refractivity contribution in [2.45, 2.75) is 129 Å². The highest BCUT2D eigenvalue weighted by molar-refractivity contribution is 7.91. The van der Waals surface area contributed by atoms with Crippen LogP contribution in [0.15, 0.2) is 24.5 Å². The van der Waals surface area contributed by atoms with Gasteiger partial charge in [0.15, 0.2) is 11.4 Å². The second-order valence-electron chi connectivity index (χ2n) is 14.2. The van der Waals surface area contributed by atoms with Crippen molar-refractivity contribution < 1.29 is 31.8 Å². The molecule has 0 saturated carbocycles. The Morgan fingerprint density at radius 1 is 1.00 bits per heavy atom. The fourth-order valence-electron chi connectivity index (χ4n) is 5.17. The van der Waals surface area contributed by atoms with E-state index in [1.165, 1.54) is 0 Å². The Bertz CT molecular complexity index is 1500. The lowest BCUT2D eigenvalue weighted by molar-refractivity contribution is -0.136. The molecule has 49 heavy (non-hydrogen) atoms. The fraction of sp³-hybridized carbons (Fsp3) is 0.676. The number of alkyl halides is 3.